The zero-order valence-electron chi connectivity index (χ0n) is 15.1. The van der Waals surface area contributed by atoms with Gasteiger partial charge in [-0.15, -0.1) is 0 Å². The van der Waals surface area contributed by atoms with Crippen LogP contribution in [0, 0.1) is 18.8 Å². The third-order valence-electron chi connectivity index (χ3n) is 7.04. The number of methoxy groups -OCH3 is 1. The lowest BCUT2D eigenvalue weighted by Crippen LogP contribution is -2.61. The molecule has 2 fully saturated rings. The molecule has 1 saturated carbocycles. The van der Waals surface area contributed by atoms with Gasteiger partial charge in [0.2, 0.25) is 0 Å². The number of nitrogens with zero attached hydrogens (tertiary/aromatic N) is 1. The number of aryl methyl sites for hydroxylation is 1. The summed E-state index contributed by atoms with van der Waals surface area (Å²) >= 11 is 0. The first-order valence-electron chi connectivity index (χ1n) is 9.05. The van der Waals surface area contributed by atoms with E-state index in [9.17, 15) is 0 Å². The van der Waals surface area contributed by atoms with Gasteiger partial charge in [-0.25, -0.2) is 0 Å². The average molecular weight is 315 g/mol. The molecule has 1 aliphatic carbocycles. The summed E-state index contributed by atoms with van der Waals surface area (Å²) in [5.74, 6) is 3.23. The summed E-state index contributed by atoms with van der Waals surface area (Å²) in [4.78, 5) is 2.54. The Kier molecular flexibility index (Phi) is 3.42. The maximum atomic E-state index is 6.63. The summed E-state index contributed by atoms with van der Waals surface area (Å²) in [6, 6.07) is 4.90. The number of rotatable bonds is 1. The highest BCUT2D eigenvalue weighted by molar-refractivity contribution is 5.59. The van der Waals surface area contributed by atoms with Crippen LogP contribution in [-0.4, -0.2) is 37.7 Å². The lowest BCUT2D eigenvalue weighted by Gasteiger charge is -2.55. The van der Waals surface area contributed by atoms with Crippen molar-refractivity contribution in [3.05, 3.63) is 23.3 Å². The van der Waals surface area contributed by atoms with Crippen LogP contribution >= 0.6 is 0 Å². The van der Waals surface area contributed by atoms with Gasteiger partial charge in [0.1, 0.15) is 6.10 Å². The molecule has 4 unspecified atom stereocenters. The fourth-order valence-corrected chi connectivity index (χ4v) is 5.76. The van der Waals surface area contributed by atoms with E-state index in [1.165, 1.54) is 30.4 Å². The van der Waals surface area contributed by atoms with E-state index in [1.807, 2.05) is 0 Å². The molecular formula is C20H29NO2. The Morgan fingerprint density at radius 1 is 1.26 bits per heavy atom. The van der Waals surface area contributed by atoms with E-state index in [2.05, 4.69) is 44.9 Å². The Bertz CT molecular complexity index is 628. The largest absolute Gasteiger partial charge is 0.493 e. The number of hydrogen-bond acceptors (Lipinski definition) is 3. The van der Waals surface area contributed by atoms with Gasteiger partial charge in [0.25, 0.3) is 0 Å². The molecule has 0 bridgehead atoms. The van der Waals surface area contributed by atoms with Crippen molar-refractivity contribution in [1.29, 1.82) is 0 Å². The number of likely N-dealkylation sites (tertiary alicyclic amines) is 1. The summed E-state index contributed by atoms with van der Waals surface area (Å²) in [6.45, 7) is 8.18. The first kappa shape index (κ1) is 15.3. The minimum Gasteiger partial charge on any atom is -0.493 e. The van der Waals surface area contributed by atoms with Crippen LogP contribution in [0.25, 0.3) is 0 Å². The molecule has 0 aromatic heterocycles. The molecule has 2 heterocycles. The topological polar surface area (TPSA) is 21.7 Å². The maximum absolute atomic E-state index is 6.63. The van der Waals surface area contributed by atoms with E-state index in [1.54, 1.807) is 7.11 Å². The second-order valence-electron chi connectivity index (χ2n) is 8.00. The van der Waals surface area contributed by atoms with Crippen LogP contribution in [0.5, 0.6) is 11.5 Å². The molecular weight excluding hydrogens is 286 g/mol. The van der Waals surface area contributed by atoms with Crippen molar-refractivity contribution < 1.29 is 9.47 Å². The summed E-state index contributed by atoms with van der Waals surface area (Å²) in [5, 5.41) is 0. The Balaban J connectivity index is 1.94. The van der Waals surface area contributed by atoms with Crippen molar-refractivity contribution in [2.75, 3.05) is 20.7 Å². The summed E-state index contributed by atoms with van der Waals surface area (Å²) in [6.07, 6.45) is 4.09. The number of fused-ring (bicyclic) bond motifs is 1. The van der Waals surface area contributed by atoms with Gasteiger partial charge in [-0.1, -0.05) is 13.0 Å². The van der Waals surface area contributed by atoms with E-state index in [0.717, 1.165) is 18.0 Å². The van der Waals surface area contributed by atoms with Gasteiger partial charge >= 0.3 is 0 Å². The predicted molar refractivity (Wildman–Crippen MR) is 92.4 cm³/mol. The van der Waals surface area contributed by atoms with Crippen LogP contribution in [0.4, 0.5) is 0 Å². The Hall–Kier alpha value is -1.22. The number of ether oxygens (including phenoxy) is 2. The van der Waals surface area contributed by atoms with Crippen molar-refractivity contribution in [1.82, 2.24) is 4.90 Å². The lowest BCUT2D eigenvalue weighted by atomic mass is 9.53. The average Bonchev–Trinajstić information content (AvgIpc) is 2.89. The zero-order valence-corrected chi connectivity index (χ0v) is 15.1. The molecule has 1 aromatic rings. The smallest absolute Gasteiger partial charge is 0.165 e. The molecule has 0 amide bonds. The van der Waals surface area contributed by atoms with Crippen molar-refractivity contribution in [2.24, 2.45) is 11.8 Å². The highest BCUT2D eigenvalue weighted by atomic mass is 16.5. The molecule has 3 heteroatoms. The molecule has 1 spiro atoms. The minimum atomic E-state index is 0.178. The van der Waals surface area contributed by atoms with E-state index in [0.29, 0.717) is 24.0 Å². The lowest BCUT2D eigenvalue weighted by molar-refractivity contribution is -0.0544. The summed E-state index contributed by atoms with van der Waals surface area (Å²) in [5.41, 5.74) is 3.01. The molecule has 2 aliphatic heterocycles. The maximum Gasteiger partial charge on any atom is 0.165 e. The van der Waals surface area contributed by atoms with Crippen molar-refractivity contribution in [3.63, 3.8) is 0 Å². The molecule has 4 rings (SSSR count). The Morgan fingerprint density at radius 3 is 2.78 bits per heavy atom. The fraction of sp³-hybridized carbons (Fsp3) is 0.700. The van der Waals surface area contributed by atoms with Gasteiger partial charge in [-0.05, 0) is 70.2 Å². The van der Waals surface area contributed by atoms with Crippen LogP contribution in [0.3, 0.4) is 0 Å². The molecule has 3 nitrogen and oxygen atoms in total. The number of piperidine rings is 1. The van der Waals surface area contributed by atoms with Gasteiger partial charge in [0.15, 0.2) is 11.5 Å². The van der Waals surface area contributed by atoms with Gasteiger partial charge in [0.05, 0.1) is 7.11 Å². The van der Waals surface area contributed by atoms with E-state index >= 15 is 0 Å². The summed E-state index contributed by atoms with van der Waals surface area (Å²) in [7, 11) is 4.03. The van der Waals surface area contributed by atoms with Gasteiger partial charge in [-0.2, -0.15) is 0 Å². The first-order valence-corrected chi connectivity index (χ1v) is 9.05. The number of hydrogen-bond donors (Lipinski definition) is 0. The third kappa shape index (κ3) is 1.86. The highest BCUT2D eigenvalue weighted by Gasteiger charge is 2.61. The van der Waals surface area contributed by atoms with Gasteiger partial charge in [-0.3, -0.25) is 0 Å². The highest BCUT2D eigenvalue weighted by Crippen LogP contribution is 2.61. The molecule has 0 radical (unpaired) electrons. The van der Waals surface area contributed by atoms with Crippen LogP contribution in [0.2, 0.25) is 0 Å². The van der Waals surface area contributed by atoms with Crippen molar-refractivity contribution >= 4 is 0 Å². The predicted octanol–water partition coefficient (Wildman–Crippen LogP) is 3.77. The second kappa shape index (κ2) is 5.14. The molecule has 23 heavy (non-hydrogen) atoms. The van der Waals surface area contributed by atoms with Crippen LogP contribution in [-0.2, 0) is 5.41 Å². The quantitative estimate of drug-likeness (QED) is 0.787. The zero-order chi connectivity index (χ0) is 16.4. The minimum absolute atomic E-state index is 0.178. The molecule has 1 saturated heterocycles. The fourth-order valence-electron chi connectivity index (χ4n) is 5.76. The molecule has 5 atom stereocenters. The number of benzene rings is 1. The standard InChI is InChI=1S/C20H29NO2/c1-12-7-9-16(22-5)18-17(12)20-10-11-21(4)14(3)15(20)8-6-13(2)19(20)23-18/h7,9,13-15,19H,6,8,10-11H2,1-5H3/t13?,14?,15?,19?,20-/m0/s1. The summed E-state index contributed by atoms with van der Waals surface area (Å²) < 4.78 is 12.3. The van der Waals surface area contributed by atoms with Crippen molar-refractivity contribution in [3.8, 4) is 11.5 Å². The van der Waals surface area contributed by atoms with Gasteiger partial charge < -0.3 is 14.4 Å². The Labute approximate surface area is 140 Å². The Morgan fingerprint density at radius 2 is 2.04 bits per heavy atom. The van der Waals surface area contributed by atoms with Crippen LogP contribution in [0.15, 0.2) is 12.1 Å². The second-order valence-corrected chi connectivity index (χ2v) is 8.00. The first-order chi connectivity index (χ1) is 11.0. The SMILES string of the molecule is COc1ccc(C)c2c1OC1C(C)CCC3C(C)N(C)CC[C@@]231. The van der Waals surface area contributed by atoms with Gasteiger partial charge in [0, 0.05) is 17.0 Å². The van der Waals surface area contributed by atoms with Crippen LogP contribution < -0.4 is 9.47 Å². The van der Waals surface area contributed by atoms with E-state index < -0.39 is 0 Å². The van der Waals surface area contributed by atoms with E-state index in [-0.39, 0.29) is 5.41 Å². The van der Waals surface area contributed by atoms with E-state index in [4.69, 9.17) is 9.47 Å². The van der Waals surface area contributed by atoms with Crippen LogP contribution in [0.1, 0.15) is 44.2 Å². The molecule has 1 aromatic carbocycles. The molecule has 0 N–H and O–H groups in total. The molecule has 3 aliphatic rings. The molecule has 126 valence electrons. The third-order valence-corrected chi connectivity index (χ3v) is 7.04. The monoisotopic (exact) mass is 315 g/mol. The normalized spacial score (nSPS) is 39.2. The van der Waals surface area contributed by atoms with Crippen molar-refractivity contribution in [2.45, 2.75) is 57.6 Å².